The zero-order valence-electron chi connectivity index (χ0n) is 13.5. The van der Waals surface area contributed by atoms with E-state index in [1.807, 2.05) is 0 Å². The van der Waals surface area contributed by atoms with Gasteiger partial charge in [-0.05, 0) is 37.6 Å². The maximum atomic E-state index is 14.5. The molecule has 0 bridgehead atoms. The third-order valence-corrected chi connectivity index (χ3v) is 4.57. The molecule has 0 aliphatic carbocycles. The van der Waals surface area contributed by atoms with E-state index < -0.39 is 11.9 Å². The fourth-order valence-corrected chi connectivity index (χ4v) is 2.82. The van der Waals surface area contributed by atoms with Crippen molar-refractivity contribution in [2.24, 2.45) is 0 Å². The van der Waals surface area contributed by atoms with Gasteiger partial charge in [-0.1, -0.05) is 29.3 Å². The van der Waals surface area contributed by atoms with E-state index in [1.54, 1.807) is 42.9 Å². The standard InChI is InChI=1S/C17H15Cl2FN4O/c1-9(22-17(25)14-8-12(18)16(19)23-14)11-3-4-15(13(20)7-11)24-6-5-21-10(24)2/h3-9,23H,1-2H3,(H,22,25). The van der Waals surface area contributed by atoms with Crippen LogP contribution in [-0.4, -0.2) is 20.4 Å². The Labute approximate surface area is 153 Å². The molecule has 3 rings (SSSR count). The molecule has 2 N–H and O–H groups in total. The Kier molecular flexibility index (Phi) is 4.83. The van der Waals surface area contributed by atoms with Gasteiger partial charge in [-0.2, -0.15) is 0 Å². The molecular weight excluding hydrogens is 366 g/mol. The minimum atomic E-state index is -0.402. The van der Waals surface area contributed by atoms with Gasteiger partial charge in [0.1, 0.15) is 22.5 Å². The van der Waals surface area contributed by atoms with Gasteiger partial charge >= 0.3 is 0 Å². The molecule has 0 radical (unpaired) electrons. The van der Waals surface area contributed by atoms with E-state index in [2.05, 4.69) is 15.3 Å². The maximum absolute atomic E-state index is 14.5. The second-order valence-electron chi connectivity index (χ2n) is 5.60. The molecule has 130 valence electrons. The summed E-state index contributed by atoms with van der Waals surface area (Å²) < 4.78 is 16.1. The third kappa shape index (κ3) is 3.55. The molecule has 1 amide bonds. The maximum Gasteiger partial charge on any atom is 0.268 e. The highest BCUT2D eigenvalue weighted by Gasteiger charge is 2.16. The Morgan fingerprint density at radius 1 is 1.36 bits per heavy atom. The molecule has 1 atom stereocenters. The summed E-state index contributed by atoms with van der Waals surface area (Å²) in [4.78, 5) is 19.0. The molecule has 0 aliphatic heterocycles. The number of carbonyl (C=O) groups excluding carboxylic acids is 1. The number of H-pyrrole nitrogens is 1. The van der Waals surface area contributed by atoms with Crippen LogP contribution >= 0.6 is 23.2 Å². The van der Waals surface area contributed by atoms with Crippen molar-refractivity contribution in [1.82, 2.24) is 19.9 Å². The van der Waals surface area contributed by atoms with Crippen molar-refractivity contribution < 1.29 is 9.18 Å². The first-order chi connectivity index (χ1) is 11.9. The van der Waals surface area contributed by atoms with Gasteiger partial charge in [-0.25, -0.2) is 9.37 Å². The Morgan fingerprint density at radius 3 is 2.68 bits per heavy atom. The van der Waals surface area contributed by atoms with Crippen LogP contribution < -0.4 is 5.32 Å². The van der Waals surface area contributed by atoms with Crippen molar-refractivity contribution in [3.63, 3.8) is 0 Å². The third-order valence-electron chi connectivity index (χ3n) is 3.87. The van der Waals surface area contributed by atoms with Crippen molar-refractivity contribution in [3.8, 4) is 5.69 Å². The summed E-state index contributed by atoms with van der Waals surface area (Å²) in [7, 11) is 0. The Hall–Kier alpha value is -2.31. The van der Waals surface area contributed by atoms with Crippen LogP contribution in [0, 0.1) is 12.7 Å². The quantitative estimate of drug-likeness (QED) is 0.702. The second kappa shape index (κ2) is 6.90. The number of hydrogen-bond acceptors (Lipinski definition) is 2. The lowest BCUT2D eigenvalue weighted by Gasteiger charge is -2.15. The molecule has 1 unspecified atom stereocenters. The molecule has 0 aliphatic rings. The van der Waals surface area contributed by atoms with Crippen molar-refractivity contribution in [2.45, 2.75) is 19.9 Å². The number of imidazole rings is 1. The molecular formula is C17H15Cl2FN4O. The molecule has 1 aromatic carbocycles. The van der Waals surface area contributed by atoms with Gasteiger partial charge in [-0.15, -0.1) is 0 Å². The molecule has 0 fully saturated rings. The molecule has 8 heteroatoms. The number of aryl methyl sites for hydroxylation is 1. The number of aromatic amines is 1. The summed E-state index contributed by atoms with van der Waals surface area (Å²) in [5.41, 5.74) is 1.28. The zero-order valence-corrected chi connectivity index (χ0v) is 15.0. The molecule has 5 nitrogen and oxygen atoms in total. The van der Waals surface area contributed by atoms with Crippen LogP contribution in [0.4, 0.5) is 4.39 Å². The molecule has 0 saturated heterocycles. The first-order valence-corrected chi connectivity index (χ1v) is 8.27. The van der Waals surface area contributed by atoms with Crippen LogP contribution in [0.1, 0.15) is 34.8 Å². The lowest BCUT2D eigenvalue weighted by Crippen LogP contribution is -2.27. The van der Waals surface area contributed by atoms with Crippen LogP contribution in [-0.2, 0) is 0 Å². The van der Waals surface area contributed by atoms with E-state index in [0.29, 0.717) is 17.1 Å². The highest BCUT2D eigenvalue weighted by molar-refractivity contribution is 6.41. The van der Waals surface area contributed by atoms with Gasteiger partial charge in [0.05, 0.1) is 16.8 Å². The second-order valence-corrected chi connectivity index (χ2v) is 6.38. The topological polar surface area (TPSA) is 62.7 Å². The van der Waals surface area contributed by atoms with E-state index in [-0.39, 0.29) is 21.8 Å². The lowest BCUT2D eigenvalue weighted by atomic mass is 10.1. The van der Waals surface area contributed by atoms with Gasteiger partial charge in [-0.3, -0.25) is 4.79 Å². The fraction of sp³-hybridized carbons (Fsp3) is 0.176. The van der Waals surface area contributed by atoms with E-state index >= 15 is 0 Å². The highest BCUT2D eigenvalue weighted by atomic mass is 35.5. The number of nitrogens with one attached hydrogen (secondary N) is 2. The summed E-state index contributed by atoms with van der Waals surface area (Å²) in [6, 6.07) is 5.86. The summed E-state index contributed by atoms with van der Waals surface area (Å²) >= 11 is 11.6. The first-order valence-electron chi connectivity index (χ1n) is 7.51. The number of benzene rings is 1. The number of nitrogens with zero attached hydrogens (tertiary/aromatic N) is 2. The van der Waals surface area contributed by atoms with Crippen molar-refractivity contribution >= 4 is 29.1 Å². The Balaban J connectivity index is 1.78. The minimum Gasteiger partial charge on any atom is -0.344 e. The predicted molar refractivity (Wildman–Crippen MR) is 95.0 cm³/mol. The van der Waals surface area contributed by atoms with Gasteiger partial charge in [0.15, 0.2) is 0 Å². The number of amides is 1. The Bertz CT molecular complexity index is 915. The number of hydrogen-bond donors (Lipinski definition) is 2. The van der Waals surface area contributed by atoms with E-state index in [4.69, 9.17) is 23.2 Å². The first kappa shape index (κ1) is 17.5. The highest BCUT2D eigenvalue weighted by Crippen LogP contribution is 2.23. The summed E-state index contributed by atoms with van der Waals surface area (Å²) in [6.45, 7) is 3.56. The average molecular weight is 381 g/mol. The number of rotatable bonds is 4. The van der Waals surface area contributed by atoms with Crippen molar-refractivity contribution in [3.05, 3.63) is 69.7 Å². The van der Waals surface area contributed by atoms with Crippen molar-refractivity contribution in [1.29, 1.82) is 0 Å². The minimum absolute atomic E-state index is 0.200. The van der Waals surface area contributed by atoms with Crippen LogP contribution in [0.5, 0.6) is 0 Å². The molecule has 2 heterocycles. The van der Waals surface area contributed by atoms with Gasteiger partial charge in [0, 0.05) is 12.4 Å². The molecule has 25 heavy (non-hydrogen) atoms. The number of carbonyl (C=O) groups is 1. The number of halogens is 3. The van der Waals surface area contributed by atoms with Gasteiger partial charge in [0.25, 0.3) is 5.91 Å². The van der Waals surface area contributed by atoms with Crippen molar-refractivity contribution in [2.75, 3.05) is 0 Å². The van der Waals surface area contributed by atoms with Gasteiger partial charge in [0.2, 0.25) is 0 Å². The number of aromatic nitrogens is 3. The SMILES string of the molecule is Cc1nccn1-c1ccc(C(C)NC(=O)c2cc(Cl)c(Cl)[nH]2)cc1F. The fourth-order valence-electron chi connectivity index (χ4n) is 2.50. The molecule has 2 aromatic heterocycles. The van der Waals surface area contributed by atoms with Crippen LogP contribution in [0.3, 0.4) is 0 Å². The van der Waals surface area contributed by atoms with Crippen LogP contribution in [0.25, 0.3) is 5.69 Å². The van der Waals surface area contributed by atoms with E-state index in [9.17, 15) is 9.18 Å². The van der Waals surface area contributed by atoms with Crippen LogP contribution in [0.2, 0.25) is 10.2 Å². The van der Waals surface area contributed by atoms with Crippen LogP contribution in [0.15, 0.2) is 36.7 Å². The van der Waals surface area contributed by atoms with Gasteiger partial charge < -0.3 is 14.9 Å². The lowest BCUT2D eigenvalue weighted by molar-refractivity contribution is 0.0935. The van der Waals surface area contributed by atoms with E-state index in [1.165, 1.54) is 12.1 Å². The zero-order chi connectivity index (χ0) is 18.1. The molecule has 0 spiro atoms. The summed E-state index contributed by atoms with van der Waals surface area (Å²) in [5.74, 6) is -0.0876. The monoisotopic (exact) mass is 380 g/mol. The predicted octanol–water partition coefficient (Wildman–Crippen LogP) is 4.45. The summed E-state index contributed by atoms with van der Waals surface area (Å²) in [6.07, 6.45) is 3.30. The smallest absolute Gasteiger partial charge is 0.268 e. The largest absolute Gasteiger partial charge is 0.344 e. The normalized spacial score (nSPS) is 12.2. The Morgan fingerprint density at radius 2 is 2.12 bits per heavy atom. The summed E-state index contributed by atoms with van der Waals surface area (Å²) in [5, 5.41) is 3.24. The van der Waals surface area contributed by atoms with E-state index in [0.717, 1.165) is 0 Å². The molecule has 0 saturated carbocycles. The molecule has 3 aromatic rings. The average Bonchev–Trinajstić information content (AvgIpc) is 3.13.